The van der Waals surface area contributed by atoms with Crippen molar-refractivity contribution in [2.45, 2.75) is 37.7 Å². The Bertz CT molecular complexity index is 215. The summed E-state index contributed by atoms with van der Waals surface area (Å²) in [6.07, 6.45) is 6.82. The fourth-order valence-corrected chi connectivity index (χ4v) is 3.32. The van der Waals surface area contributed by atoms with Gasteiger partial charge in [0.15, 0.2) is 0 Å². The topological polar surface area (TPSA) is 12.5 Å². The van der Waals surface area contributed by atoms with Gasteiger partial charge in [0.05, 0.1) is 12.2 Å². The van der Waals surface area contributed by atoms with Crippen LogP contribution in [0.5, 0.6) is 0 Å². The first-order valence-corrected chi connectivity index (χ1v) is 6.10. The molecule has 2 heteroatoms. The maximum atomic E-state index is 6.16. The van der Waals surface area contributed by atoms with Crippen LogP contribution >= 0.6 is 0 Å². The molecule has 0 N–H and O–H groups in total. The third-order valence-corrected chi connectivity index (χ3v) is 4.71. The van der Waals surface area contributed by atoms with Crippen LogP contribution in [0.1, 0.15) is 32.1 Å². The highest BCUT2D eigenvalue weighted by Crippen LogP contribution is 2.48. The molecule has 2 aliphatic heterocycles. The van der Waals surface area contributed by atoms with Crippen molar-refractivity contribution in [3.63, 3.8) is 0 Å². The lowest BCUT2D eigenvalue weighted by atomic mass is 9.65. The third-order valence-electron chi connectivity index (χ3n) is 4.71. The van der Waals surface area contributed by atoms with E-state index in [1.165, 1.54) is 45.2 Å². The Morgan fingerprint density at radius 2 is 1.86 bits per heavy atom. The Balaban J connectivity index is 1.66. The quantitative estimate of drug-likeness (QED) is 0.585. The van der Waals surface area contributed by atoms with Crippen molar-refractivity contribution in [1.82, 2.24) is 4.90 Å². The molecule has 14 heavy (non-hydrogen) atoms. The molecule has 2 saturated heterocycles. The molecule has 3 aliphatic rings. The number of fused-ring (bicyclic) bond motifs is 1. The van der Waals surface area contributed by atoms with E-state index >= 15 is 0 Å². The minimum absolute atomic E-state index is 0.300. The summed E-state index contributed by atoms with van der Waals surface area (Å²) in [6, 6.07) is 0. The molecule has 3 fully saturated rings. The van der Waals surface area contributed by atoms with Crippen molar-refractivity contribution in [3.8, 4) is 0 Å². The van der Waals surface area contributed by atoms with Crippen LogP contribution < -0.4 is 0 Å². The summed E-state index contributed by atoms with van der Waals surface area (Å²) in [5.74, 6) is 1.95. The lowest BCUT2D eigenvalue weighted by Crippen LogP contribution is -2.52. The number of rotatable bonds is 0. The first-order valence-electron chi connectivity index (χ1n) is 6.10. The number of hydrogen-bond donors (Lipinski definition) is 0. The zero-order valence-corrected chi connectivity index (χ0v) is 9.17. The number of piperidine rings is 1. The van der Waals surface area contributed by atoms with Crippen LogP contribution in [0.3, 0.4) is 0 Å². The average Bonchev–Trinajstić information content (AvgIpc) is 2.16. The van der Waals surface area contributed by atoms with Gasteiger partial charge in [-0.05, 0) is 51.0 Å². The lowest BCUT2D eigenvalue weighted by molar-refractivity contribution is -0.170. The fourth-order valence-electron chi connectivity index (χ4n) is 3.32. The predicted molar refractivity (Wildman–Crippen MR) is 56.2 cm³/mol. The van der Waals surface area contributed by atoms with E-state index in [1.807, 2.05) is 0 Å². The molecule has 0 aromatic heterocycles. The minimum atomic E-state index is 0.300. The fraction of sp³-hybridized carbons (Fsp3) is 1.00. The first-order chi connectivity index (χ1) is 6.77. The van der Waals surface area contributed by atoms with Crippen LogP contribution in [0, 0.1) is 11.8 Å². The van der Waals surface area contributed by atoms with Gasteiger partial charge in [-0.1, -0.05) is 0 Å². The van der Waals surface area contributed by atoms with Crippen molar-refractivity contribution in [3.05, 3.63) is 0 Å². The summed E-state index contributed by atoms with van der Waals surface area (Å²) in [7, 11) is 2.22. The molecule has 0 aromatic rings. The summed E-state index contributed by atoms with van der Waals surface area (Å²) in [5.41, 5.74) is 0.300. The summed E-state index contributed by atoms with van der Waals surface area (Å²) >= 11 is 0. The van der Waals surface area contributed by atoms with E-state index in [4.69, 9.17) is 4.74 Å². The Morgan fingerprint density at radius 3 is 2.43 bits per heavy atom. The Labute approximate surface area is 86.6 Å². The van der Waals surface area contributed by atoms with E-state index in [0.717, 1.165) is 18.4 Å². The molecule has 1 spiro atoms. The monoisotopic (exact) mass is 195 g/mol. The summed E-state index contributed by atoms with van der Waals surface area (Å²) in [5, 5.41) is 0. The second kappa shape index (κ2) is 3.21. The van der Waals surface area contributed by atoms with Crippen molar-refractivity contribution >= 4 is 0 Å². The SMILES string of the molecule is CN1CCC2(CC1)CC1CCC1CO2. The van der Waals surface area contributed by atoms with E-state index in [0.29, 0.717) is 5.60 Å². The van der Waals surface area contributed by atoms with Gasteiger partial charge in [-0.2, -0.15) is 0 Å². The molecule has 3 rings (SSSR count). The van der Waals surface area contributed by atoms with Crippen molar-refractivity contribution < 1.29 is 4.74 Å². The van der Waals surface area contributed by atoms with E-state index in [1.54, 1.807) is 0 Å². The number of ether oxygens (including phenoxy) is 1. The van der Waals surface area contributed by atoms with Gasteiger partial charge in [0, 0.05) is 13.1 Å². The molecular formula is C12H21NO. The van der Waals surface area contributed by atoms with Gasteiger partial charge >= 0.3 is 0 Å². The third kappa shape index (κ3) is 1.40. The van der Waals surface area contributed by atoms with Crippen LogP contribution in [0.4, 0.5) is 0 Å². The van der Waals surface area contributed by atoms with Crippen molar-refractivity contribution in [2.75, 3.05) is 26.7 Å². The average molecular weight is 195 g/mol. The molecule has 2 heterocycles. The molecule has 0 radical (unpaired) electrons. The minimum Gasteiger partial charge on any atom is -0.375 e. The lowest BCUT2D eigenvalue weighted by Gasteiger charge is -2.52. The highest BCUT2D eigenvalue weighted by atomic mass is 16.5. The second-order valence-electron chi connectivity index (χ2n) is 5.60. The highest BCUT2D eigenvalue weighted by Gasteiger charge is 2.46. The zero-order valence-electron chi connectivity index (χ0n) is 9.17. The van der Waals surface area contributed by atoms with Gasteiger partial charge < -0.3 is 9.64 Å². The van der Waals surface area contributed by atoms with Crippen LogP contribution in [0.2, 0.25) is 0 Å². The van der Waals surface area contributed by atoms with Gasteiger partial charge in [0.25, 0.3) is 0 Å². The maximum absolute atomic E-state index is 6.16. The van der Waals surface area contributed by atoms with Crippen LogP contribution in [0.15, 0.2) is 0 Å². The summed E-state index contributed by atoms with van der Waals surface area (Å²) in [4.78, 5) is 2.43. The first kappa shape index (κ1) is 9.17. The van der Waals surface area contributed by atoms with Gasteiger partial charge in [-0.3, -0.25) is 0 Å². The Kier molecular flexibility index (Phi) is 2.10. The Morgan fingerprint density at radius 1 is 1.14 bits per heavy atom. The molecule has 2 nitrogen and oxygen atoms in total. The van der Waals surface area contributed by atoms with E-state index in [9.17, 15) is 0 Å². The van der Waals surface area contributed by atoms with Gasteiger partial charge in [-0.25, -0.2) is 0 Å². The molecular weight excluding hydrogens is 174 g/mol. The van der Waals surface area contributed by atoms with E-state index < -0.39 is 0 Å². The molecule has 80 valence electrons. The van der Waals surface area contributed by atoms with Crippen molar-refractivity contribution in [1.29, 1.82) is 0 Å². The van der Waals surface area contributed by atoms with Gasteiger partial charge in [0.1, 0.15) is 0 Å². The van der Waals surface area contributed by atoms with Gasteiger partial charge in [-0.15, -0.1) is 0 Å². The molecule has 2 atom stereocenters. The Hall–Kier alpha value is -0.0800. The smallest absolute Gasteiger partial charge is 0.0709 e. The normalized spacial score (nSPS) is 41.8. The van der Waals surface area contributed by atoms with E-state index in [2.05, 4.69) is 11.9 Å². The molecule has 0 bridgehead atoms. The summed E-state index contributed by atoms with van der Waals surface area (Å²) < 4.78 is 6.16. The zero-order chi connectivity index (χ0) is 9.60. The summed E-state index contributed by atoms with van der Waals surface area (Å²) in [6.45, 7) is 3.53. The molecule has 2 unspecified atom stereocenters. The maximum Gasteiger partial charge on any atom is 0.0709 e. The van der Waals surface area contributed by atoms with Gasteiger partial charge in [0.2, 0.25) is 0 Å². The highest BCUT2D eigenvalue weighted by molar-refractivity contribution is 4.97. The molecule has 1 saturated carbocycles. The van der Waals surface area contributed by atoms with Crippen LogP contribution in [-0.2, 0) is 4.74 Å². The second-order valence-corrected chi connectivity index (χ2v) is 5.60. The number of likely N-dealkylation sites (tertiary alicyclic amines) is 1. The van der Waals surface area contributed by atoms with Crippen LogP contribution in [0.25, 0.3) is 0 Å². The predicted octanol–water partition coefficient (Wildman–Crippen LogP) is 1.90. The largest absolute Gasteiger partial charge is 0.375 e. The molecule has 0 amide bonds. The number of nitrogens with zero attached hydrogens (tertiary/aromatic N) is 1. The standard InChI is InChI=1S/C12H21NO/c1-13-6-4-12(5-7-13)8-10-2-3-11(10)9-14-12/h10-11H,2-9H2,1H3. The molecule has 0 aromatic carbocycles. The van der Waals surface area contributed by atoms with Crippen LogP contribution in [-0.4, -0.2) is 37.2 Å². The van der Waals surface area contributed by atoms with E-state index in [-0.39, 0.29) is 0 Å². The molecule has 1 aliphatic carbocycles. The number of hydrogen-bond acceptors (Lipinski definition) is 2. The van der Waals surface area contributed by atoms with Crippen molar-refractivity contribution in [2.24, 2.45) is 11.8 Å².